The number of hydrogen-bond acceptors (Lipinski definition) is 3. The number of benzene rings is 3. The Morgan fingerprint density at radius 3 is 2.18 bits per heavy atom. The van der Waals surface area contributed by atoms with Crippen LogP contribution >= 0.6 is 0 Å². The Kier molecular flexibility index (Phi) is 9.40. The van der Waals surface area contributed by atoms with Gasteiger partial charge in [0.2, 0.25) is 5.91 Å². The summed E-state index contributed by atoms with van der Waals surface area (Å²) in [6.07, 6.45) is 0.0968. The van der Waals surface area contributed by atoms with Crippen LogP contribution in [0.25, 0.3) is 11.1 Å². The first kappa shape index (κ1) is 28.6. The van der Waals surface area contributed by atoms with Gasteiger partial charge < -0.3 is 15.7 Å². The van der Waals surface area contributed by atoms with Gasteiger partial charge in [-0.25, -0.2) is 4.39 Å². The molecule has 0 spiro atoms. The molecule has 3 aromatic rings. The highest BCUT2D eigenvalue weighted by atomic mass is 19.1. The largest absolute Gasteiger partial charge is 0.481 e. The molecule has 0 aliphatic heterocycles. The van der Waals surface area contributed by atoms with Gasteiger partial charge in [-0.05, 0) is 79.1 Å². The molecule has 3 aromatic carbocycles. The Morgan fingerprint density at radius 2 is 1.58 bits per heavy atom. The van der Waals surface area contributed by atoms with Crippen LogP contribution in [0.4, 0.5) is 4.39 Å². The molecule has 0 aliphatic rings. The number of carbonyl (C=O) groups is 3. The first-order valence-electron chi connectivity index (χ1n) is 12.7. The van der Waals surface area contributed by atoms with Crippen molar-refractivity contribution in [1.29, 1.82) is 0 Å². The molecule has 200 valence electrons. The summed E-state index contributed by atoms with van der Waals surface area (Å²) in [6, 6.07) is 20.3. The Bertz CT molecular complexity index is 1270. The van der Waals surface area contributed by atoms with Gasteiger partial charge in [0.1, 0.15) is 11.9 Å². The van der Waals surface area contributed by atoms with E-state index in [9.17, 15) is 18.8 Å². The van der Waals surface area contributed by atoms with E-state index in [0.29, 0.717) is 17.9 Å². The van der Waals surface area contributed by atoms with Crippen molar-refractivity contribution >= 4 is 17.8 Å². The molecule has 38 heavy (non-hydrogen) atoms. The molecule has 0 fully saturated rings. The SMILES string of the molecule is CC(C)c1cccc(-c2ccc(C(=O)N[C@@H](CCC(=O)O)C(=O)NC(C)(C)Cc3ccc(F)cc3)cc2)c1. The van der Waals surface area contributed by atoms with E-state index in [2.05, 4.69) is 36.6 Å². The van der Waals surface area contributed by atoms with Gasteiger partial charge in [0.05, 0.1) is 0 Å². The summed E-state index contributed by atoms with van der Waals surface area (Å²) in [7, 11) is 0. The highest BCUT2D eigenvalue weighted by molar-refractivity contribution is 5.98. The van der Waals surface area contributed by atoms with Gasteiger partial charge >= 0.3 is 5.97 Å². The number of amides is 2. The lowest BCUT2D eigenvalue weighted by Crippen LogP contribution is -2.54. The first-order valence-corrected chi connectivity index (χ1v) is 12.7. The third-order valence-electron chi connectivity index (χ3n) is 6.32. The number of rotatable bonds is 11. The van der Waals surface area contributed by atoms with Crippen molar-refractivity contribution in [2.75, 3.05) is 0 Å². The highest BCUT2D eigenvalue weighted by Crippen LogP contribution is 2.24. The second kappa shape index (κ2) is 12.5. The normalized spacial score (nSPS) is 12.2. The summed E-state index contributed by atoms with van der Waals surface area (Å²) in [6.45, 7) is 7.90. The third-order valence-corrected chi connectivity index (χ3v) is 6.32. The Balaban J connectivity index is 1.71. The minimum atomic E-state index is -1.06. The molecule has 3 rings (SSSR count). The summed E-state index contributed by atoms with van der Waals surface area (Å²) in [5.41, 5.74) is 3.72. The van der Waals surface area contributed by atoms with Crippen LogP contribution in [0, 0.1) is 5.82 Å². The molecule has 0 saturated carbocycles. The van der Waals surface area contributed by atoms with E-state index in [1.54, 1.807) is 24.3 Å². The zero-order valence-electron chi connectivity index (χ0n) is 22.3. The molecule has 0 aliphatic carbocycles. The zero-order valence-corrected chi connectivity index (χ0v) is 22.3. The van der Waals surface area contributed by atoms with Gasteiger partial charge in [-0.3, -0.25) is 14.4 Å². The van der Waals surface area contributed by atoms with Gasteiger partial charge in [-0.2, -0.15) is 0 Å². The van der Waals surface area contributed by atoms with Gasteiger partial charge in [-0.1, -0.05) is 62.4 Å². The Hall–Kier alpha value is -4.00. The summed E-state index contributed by atoms with van der Waals surface area (Å²) in [5.74, 6) is -1.95. The van der Waals surface area contributed by atoms with E-state index in [1.807, 2.05) is 38.1 Å². The summed E-state index contributed by atoms with van der Waals surface area (Å²) in [4.78, 5) is 37.3. The highest BCUT2D eigenvalue weighted by Gasteiger charge is 2.28. The van der Waals surface area contributed by atoms with E-state index in [4.69, 9.17) is 5.11 Å². The number of hydrogen-bond donors (Lipinski definition) is 3. The standard InChI is InChI=1S/C31H35FN2O4/c1-20(2)24-6-5-7-25(18-24)22-10-12-23(13-11-22)29(37)33-27(16-17-28(35)36)30(38)34-31(3,4)19-21-8-14-26(32)15-9-21/h5-15,18,20,27H,16-17,19H2,1-4H3,(H,33,37)(H,34,38)(H,35,36)/t27-/m0/s1. The van der Waals surface area contributed by atoms with E-state index >= 15 is 0 Å². The maximum Gasteiger partial charge on any atom is 0.303 e. The zero-order chi connectivity index (χ0) is 27.9. The quantitative estimate of drug-likeness (QED) is 0.303. The van der Waals surface area contributed by atoms with Gasteiger partial charge in [-0.15, -0.1) is 0 Å². The molecule has 1 atom stereocenters. The van der Waals surface area contributed by atoms with Crippen molar-refractivity contribution in [3.8, 4) is 11.1 Å². The van der Waals surface area contributed by atoms with Crippen molar-refractivity contribution in [2.24, 2.45) is 0 Å². The number of nitrogens with one attached hydrogen (secondary N) is 2. The topological polar surface area (TPSA) is 95.5 Å². The van der Waals surface area contributed by atoms with Crippen LogP contribution in [0.3, 0.4) is 0 Å². The first-order chi connectivity index (χ1) is 17.9. The lowest BCUT2D eigenvalue weighted by Gasteiger charge is -2.29. The van der Waals surface area contributed by atoms with Crippen LogP contribution in [-0.4, -0.2) is 34.5 Å². The van der Waals surface area contributed by atoms with Crippen LogP contribution in [0.1, 0.15) is 67.9 Å². The molecule has 6 nitrogen and oxygen atoms in total. The van der Waals surface area contributed by atoms with Crippen molar-refractivity contribution < 1.29 is 23.9 Å². The van der Waals surface area contributed by atoms with Crippen LogP contribution in [-0.2, 0) is 16.0 Å². The second-order valence-electron chi connectivity index (χ2n) is 10.5. The Labute approximate surface area is 223 Å². The molecule has 0 bridgehead atoms. The average Bonchev–Trinajstić information content (AvgIpc) is 2.87. The predicted molar refractivity (Wildman–Crippen MR) is 146 cm³/mol. The van der Waals surface area contributed by atoms with E-state index in [1.165, 1.54) is 17.7 Å². The maximum atomic E-state index is 13.2. The van der Waals surface area contributed by atoms with Crippen molar-refractivity contribution in [3.63, 3.8) is 0 Å². The third kappa shape index (κ3) is 8.26. The monoisotopic (exact) mass is 518 g/mol. The van der Waals surface area contributed by atoms with Crippen LogP contribution in [0.2, 0.25) is 0 Å². The smallest absolute Gasteiger partial charge is 0.303 e. The molecule has 2 amide bonds. The number of aliphatic carboxylic acids is 1. The van der Waals surface area contributed by atoms with Crippen LogP contribution < -0.4 is 10.6 Å². The van der Waals surface area contributed by atoms with Gasteiger partial charge in [0, 0.05) is 17.5 Å². The molecule has 0 saturated heterocycles. The van der Waals surface area contributed by atoms with Crippen LogP contribution in [0.5, 0.6) is 0 Å². The molecule has 0 aromatic heterocycles. The maximum absolute atomic E-state index is 13.2. The fourth-order valence-electron chi connectivity index (χ4n) is 4.25. The molecule has 0 unspecified atom stereocenters. The number of carboxylic acids is 1. The van der Waals surface area contributed by atoms with Gasteiger partial charge in [0.25, 0.3) is 5.91 Å². The molecular formula is C31H35FN2O4. The average molecular weight is 519 g/mol. The lowest BCUT2D eigenvalue weighted by molar-refractivity contribution is -0.137. The number of carbonyl (C=O) groups excluding carboxylic acids is 2. The summed E-state index contributed by atoms with van der Waals surface area (Å²) in [5, 5.41) is 14.8. The Morgan fingerprint density at radius 1 is 0.921 bits per heavy atom. The molecule has 3 N–H and O–H groups in total. The lowest BCUT2D eigenvalue weighted by atomic mass is 9.94. The number of halogens is 1. The van der Waals surface area contributed by atoms with E-state index < -0.39 is 29.4 Å². The minimum absolute atomic E-state index is 0.0559. The fraction of sp³-hybridized carbons (Fsp3) is 0.323. The molecule has 0 heterocycles. The molecule has 0 radical (unpaired) electrons. The second-order valence-corrected chi connectivity index (χ2v) is 10.5. The van der Waals surface area contributed by atoms with Crippen molar-refractivity contribution in [3.05, 3.63) is 95.3 Å². The van der Waals surface area contributed by atoms with Crippen molar-refractivity contribution in [2.45, 2.75) is 64.5 Å². The number of carboxylic acid groups (broad SMARTS) is 1. The summed E-state index contributed by atoms with van der Waals surface area (Å²) < 4.78 is 13.2. The molecular weight excluding hydrogens is 483 g/mol. The van der Waals surface area contributed by atoms with Crippen LogP contribution in [0.15, 0.2) is 72.8 Å². The molecule has 7 heteroatoms. The van der Waals surface area contributed by atoms with Gasteiger partial charge in [0.15, 0.2) is 0 Å². The fourth-order valence-corrected chi connectivity index (χ4v) is 4.25. The van der Waals surface area contributed by atoms with Crippen molar-refractivity contribution in [1.82, 2.24) is 10.6 Å². The van der Waals surface area contributed by atoms with E-state index in [-0.39, 0.29) is 18.7 Å². The minimum Gasteiger partial charge on any atom is -0.481 e. The summed E-state index contributed by atoms with van der Waals surface area (Å²) >= 11 is 0. The van der Waals surface area contributed by atoms with E-state index in [0.717, 1.165) is 16.7 Å². The predicted octanol–water partition coefficient (Wildman–Crippen LogP) is 5.72.